The van der Waals surface area contributed by atoms with Gasteiger partial charge < -0.3 is 10.5 Å². The molecule has 0 spiro atoms. The molecule has 1 amide bonds. The molecule has 3 rings (SSSR count). The Labute approximate surface area is 131 Å². The van der Waals surface area contributed by atoms with E-state index in [4.69, 9.17) is 10.5 Å². The number of thiazole rings is 1. The lowest BCUT2D eigenvalue weighted by Gasteiger charge is -2.31. The van der Waals surface area contributed by atoms with E-state index in [1.54, 1.807) is 22.7 Å². The van der Waals surface area contributed by atoms with Gasteiger partial charge in [0.25, 0.3) is 0 Å². The van der Waals surface area contributed by atoms with Gasteiger partial charge in [-0.2, -0.15) is 0 Å². The minimum absolute atomic E-state index is 0.0491. The number of ether oxygens (including phenoxy) is 1. The van der Waals surface area contributed by atoms with Gasteiger partial charge in [-0.25, -0.2) is 4.98 Å². The molecule has 1 atom stereocenters. The molecule has 5 nitrogen and oxygen atoms in total. The van der Waals surface area contributed by atoms with Crippen LogP contribution in [0.4, 0.5) is 0 Å². The maximum atomic E-state index is 11.1. The molecule has 1 saturated heterocycles. The number of aromatic nitrogens is 1. The highest BCUT2D eigenvalue weighted by Crippen LogP contribution is 2.26. The third-order valence-corrected chi connectivity index (χ3v) is 5.36. The predicted octanol–water partition coefficient (Wildman–Crippen LogP) is 2.19. The highest BCUT2D eigenvalue weighted by Gasteiger charge is 2.24. The van der Waals surface area contributed by atoms with Gasteiger partial charge in [-0.05, 0) is 13.0 Å². The first kappa shape index (κ1) is 14.6. The van der Waals surface area contributed by atoms with Crippen LogP contribution in [0.15, 0.2) is 16.8 Å². The lowest BCUT2D eigenvalue weighted by Crippen LogP contribution is -2.37. The van der Waals surface area contributed by atoms with Crippen LogP contribution in [0.1, 0.15) is 32.0 Å². The van der Waals surface area contributed by atoms with E-state index in [9.17, 15) is 4.79 Å². The van der Waals surface area contributed by atoms with Crippen LogP contribution in [-0.4, -0.2) is 35.5 Å². The Morgan fingerprint density at radius 3 is 3.05 bits per heavy atom. The number of thiophene rings is 1. The van der Waals surface area contributed by atoms with E-state index in [1.165, 1.54) is 0 Å². The van der Waals surface area contributed by atoms with Crippen LogP contribution in [-0.2, 0) is 11.3 Å². The van der Waals surface area contributed by atoms with E-state index < -0.39 is 0 Å². The number of primary amides is 1. The first-order valence-electron chi connectivity index (χ1n) is 6.75. The zero-order valence-electron chi connectivity index (χ0n) is 11.7. The van der Waals surface area contributed by atoms with E-state index in [0.29, 0.717) is 12.2 Å². The number of hydrogen-bond acceptors (Lipinski definition) is 6. The van der Waals surface area contributed by atoms with Crippen molar-refractivity contribution in [3.8, 4) is 0 Å². The molecular weight excluding hydrogens is 306 g/mol. The van der Waals surface area contributed by atoms with Crippen LogP contribution in [0, 0.1) is 6.92 Å². The Morgan fingerprint density at radius 2 is 2.38 bits per heavy atom. The fraction of sp³-hybridized carbons (Fsp3) is 0.429. The van der Waals surface area contributed by atoms with Gasteiger partial charge in [0.2, 0.25) is 5.91 Å². The van der Waals surface area contributed by atoms with Crippen molar-refractivity contribution in [1.29, 1.82) is 0 Å². The zero-order chi connectivity index (χ0) is 14.8. The third kappa shape index (κ3) is 3.49. The van der Waals surface area contributed by atoms with Gasteiger partial charge in [0.15, 0.2) is 0 Å². The van der Waals surface area contributed by atoms with Crippen LogP contribution in [0.3, 0.4) is 0 Å². The minimum atomic E-state index is -0.365. The summed E-state index contributed by atoms with van der Waals surface area (Å²) >= 11 is 3.23. The van der Waals surface area contributed by atoms with Crippen LogP contribution < -0.4 is 5.73 Å². The van der Waals surface area contributed by atoms with Crippen LogP contribution in [0.5, 0.6) is 0 Å². The van der Waals surface area contributed by atoms with Crippen LogP contribution >= 0.6 is 22.7 Å². The van der Waals surface area contributed by atoms with Crippen molar-refractivity contribution in [2.45, 2.75) is 19.6 Å². The number of rotatable bonds is 4. The molecule has 3 heterocycles. The molecular formula is C14H17N3O2S2. The lowest BCUT2D eigenvalue weighted by atomic mass is 10.2. The van der Waals surface area contributed by atoms with E-state index >= 15 is 0 Å². The number of carbonyl (C=O) groups excluding carboxylic acids is 1. The largest absolute Gasteiger partial charge is 0.368 e. The molecule has 7 heteroatoms. The summed E-state index contributed by atoms with van der Waals surface area (Å²) in [5.41, 5.74) is 6.92. The summed E-state index contributed by atoms with van der Waals surface area (Å²) in [7, 11) is 0. The first-order valence-corrected chi connectivity index (χ1v) is 8.51. The molecule has 0 aliphatic carbocycles. The van der Waals surface area contributed by atoms with Crippen molar-refractivity contribution < 1.29 is 9.53 Å². The van der Waals surface area contributed by atoms with Crippen molar-refractivity contribution >= 4 is 28.6 Å². The Balaban J connectivity index is 1.64. The van der Waals surface area contributed by atoms with Gasteiger partial charge in [-0.1, -0.05) is 0 Å². The van der Waals surface area contributed by atoms with Crippen molar-refractivity contribution in [1.82, 2.24) is 9.88 Å². The van der Waals surface area contributed by atoms with Gasteiger partial charge in [0.05, 0.1) is 12.2 Å². The zero-order valence-corrected chi connectivity index (χ0v) is 13.4. The predicted molar refractivity (Wildman–Crippen MR) is 83.7 cm³/mol. The van der Waals surface area contributed by atoms with Crippen molar-refractivity contribution in [2.75, 3.05) is 19.7 Å². The Bertz CT molecular complexity index is 638. The monoisotopic (exact) mass is 323 g/mol. The molecule has 0 unspecified atom stereocenters. The van der Waals surface area contributed by atoms with Crippen molar-refractivity contribution in [3.05, 3.63) is 38.0 Å². The maximum Gasteiger partial charge on any atom is 0.249 e. The van der Waals surface area contributed by atoms with Crippen molar-refractivity contribution in [3.63, 3.8) is 0 Å². The number of aryl methyl sites for hydroxylation is 1. The van der Waals surface area contributed by atoms with Gasteiger partial charge in [-0.15, -0.1) is 22.7 Å². The average Bonchev–Trinajstić information content (AvgIpc) is 3.08. The molecule has 2 aromatic heterocycles. The fourth-order valence-electron chi connectivity index (χ4n) is 2.33. The fourth-order valence-corrected chi connectivity index (χ4v) is 4.08. The topological polar surface area (TPSA) is 68.5 Å². The summed E-state index contributed by atoms with van der Waals surface area (Å²) in [6, 6.07) is 1.88. The van der Waals surface area contributed by atoms with E-state index in [-0.39, 0.29) is 12.0 Å². The highest BCUT2D eigenvalue weighted by molar-refractivity contribution is 7.10. The molecule has 2 aromatic rings. The number of nitrogens with two attached hydrogens (primary N) is 1. The molecule has 0 aromatic carbocycles. The van der Waals surface area contributed by atoms with Gasteiger partial charge in [0, 0.05) is 41.0 Å². The second-order valence-corrected chi connectivity index (χ2v) is 6.97. The number of carbonyl (C=O) groups is 1. The number of morpholine rings is 1. The normalized spacial score (nSPS) is 19.8. The van der Waals surface area contributed by atoms with Gasteiger partial charge in [0.1, 0.15) is 11.1 Å². The average molecular weight is 323 g/mol. The molecule has 112 valence electrons. The molecule has 1 aliphatic heterocycles. The third-order valence-electron chi connectivity index (χ3n) is 3.38. The number of hydrogen-bond donors (Lipinski definition) is 1. The lowest BCUT2D eigenvalue weighted by molar-refractivity contribution is -0.0327. The summed E-state index contributed by atoms with van der Waals surface area (Å²) < 4.78 is 5.82. The first-order chi connectivity index (χ1) is 10.1. The number of amides is 1. The smallest absolute Gasteiger partial charge is 0.249 e. The molecule has 0 bridgehead atoms. The Hall–Kier alpha value is -1.28. The molecule has 0 saturated carbocycles. The Kier molecular flexibility index (Phi) is 4.34. The molecule has 1 aliphatic rings. The second-order valence-electron chi connectivity index (χ2n) is 5.09. The van der Waals surface area contributed by atoms with Crippen LogP contribution in [0.2, 0.25) is 0 Å². The molecule has 21 heavy (non-hydrogen) atoms. The maximum absolute atomic E-state index is 11.1. The number of nitrogens with zero attached hydrogens (tertiary/aromatic N) is 2. The summed E-state index contributed by atoms with van der Waals surface area (Å²) in [6.07, 6.45) is 0.0491. The SMILES string of the molecule is Cc1csc([C@@H]2CN(Cc3cc(C(N)=O)cs3)CCO2)n1. The molecule has 2 N–H and O–H groups in total. The highest BCUT2D eigenvalue weighted by atomic mass is 32.1. The summed E-state index contributed by atoms with van der Waals surface area (Å²) in [6.45, 7) is 5.25. The quantitative estimate of drug-likeness (QED) is 0.936. The molecule has 0 radical (unpaired) electrons. The summed E-state index contributed by atoms with van der Waals surface area (Å²) in [4.78, 5) is 19.1. The summed E-state index contributed by atoms with van der Waals surface area (Å²) in [5, 5.41) is 4.91. The van der Waals surface area contributed by atoms with Gasteiger partial charge in [-0.3, -0.25) is 9.69 Å². The van der Waals surface area contributed by atoms with Crippen LogP contribution in [0.25, 0.3) is 0 Å². The van der Waals surface area contributed by atoms with E-state index in [2.05, 4.69) is 15.3 Å². The van der Waals surface area contributed by atoms with Gasteiger partial charge >= 0.3 is 0 Å². The molecule has 1 fully saturated rings. The van der Waals surface area contributed by atoms with Crippen molar-refractivity contribution in [2.24, 2.45) is 5.73 Å². The van der Waals surface area contributed by atoms with E-state index in [0.717, 1.165) is 35.2 Å². The summed E-state index contributed by atoms with van der Waals surface area (Å²) in [5.74, 6) is -0.365. The van der Waals surface area contributed by atoms with E-state index in [1.807, 2.05) is 18.4 Å². The Morgan fingerprint density at radius 1 is 1.52 bits per heavy atom. The minimum Gasteiger partial charge on any atom is -0.368 e. The second kappa shape index (κ2) is 6.23. The standard InChI is InChI=1S/C14H17N3O2S2/c1-9-7-21-14(16-9)12-6-17(2-3-19-12)5-11-4-10(8-20-11)13(15)18/h4,7-8,12H,2-3,5-6H2,1H3,(H2,15,18)/t12-/m0/s1.